The smallest absolute Gasteiger partial charge is 0.360 e. The van der Waals surface area contributed by atoms with Crippen molar-refractivity contribution in [3.8, 4) is 5.75 Å². The summed E-state index contributed by atoms with van der Waals surface area (Å²) in [6.07, 6.45) is 1.61. The monoisotopic (exact) mass is 275 g/mol. The standard InChI is InChI=1S/C14H17N3O3/c1-9-4-5-12(19-2)10(6-9)7-17-8-11(15)13(16-17)14(18)20-3/h4-6,8H,7,15H2,1-3H3. The summed E-state index contributed by atoms with van der Waals surface area (Å²) in [5, 5.41) is 4.14. The lowest BCUT2D eigenvalue weighted by Gasteiger charge is -2.09. The maximum Gasteiger partial charge on any atom is 0.360 e. The molecule has 0 unspecified atom stereocenters. The minimum Gasteiger partial charge on any atom is -0.496 e. The Morgan fingerprint density at radius 1 is 1.40 bits per heavy atom. The quantitative estimate of drug-likeness (QED) is 0.858. The number of nitrogens with zero attached hydrogens (tertiary/aromatic N) is 2. The van der Waals surface area contributed by atoms with E-state index in [0.717, 1.165) is 16.9 Å². The van der Waals surface area contributed by atoms with Crippen molar-refractivity contribution >= 4 is 11.7 Å². The number of benzene rings is 1. The first kappa shape index (κ1) is 13.9. The van der Waals surface area contributed by atoms with E-state index in [-0.39, 0.29) is 5.69 Å². The molecule has 0 fully saturated rings. The van der Waals surface area contributed by atoms with E-state index in [1.54, 1.807) is 18.0 Å². The number of hydrogen-bond acceptors (Lipinski definition) is 5. The van der Waals surface area contributed by atoms with E-state index in [1.165, 1.54) is 7.11 Å². The molecule has 1 heterocycles. The van der Waals surface area contributed by atoms with Gasteiger partial charge in [-0.2, -0.15) is 5.10 Å². The number of aryl methyl sites for hydroxylation is 1. The number of esters is 1. The molecule has 1 aromatic heterocycles. The molecule has 0 aliphatic rings. The fourth-order valence-corrected chi connectivity index (χ4v) is 1.98. The van der Waals surface area contributed by atoms with Crippen LogP contribution in [-0.2, 0) is 11.3 Å². The van der Waals surface area contributed by atoms with Gasteiger partial charge >= 0.3 is 5.97 Å². The summed E-state index contributed by atoms with van der Waals surface area (Å²) in [5.41, 5.74) is 8.26. The van der Waals surface area contributed by atoms with E-state index < -0.39 is 5.97 Å². The second-order valence-corrected chi connectivity index (χ2v) is 4.44. The summed E-state index contributed by atoms with van der Waals surface area (Å²) < 4.78 is 11.5. The number of nitrogen functional groups attached to an aromatic ring is 1. The van der Waals surface area contributed by atoms with Gasteiger partial charge in [0, 0.05) is 11.8 Å². The molecule has 0 atom stereocenters. The van der Waals surface area contributed by atoms with Crippen LogP contribution in [0.5, 0.6) is 5.75 Å². The Kier molecular flexibility index (Phi) is 3.93. The number of ether oxygens (including phenoxy) is 2. The number of anilines is 1. The minimum atomic E-state index is -0.544. The van der Waals surface area contributed by atoms with Crippen molar-refractivity contribution in [3.05, 3.63) is 41.2 Å². The zero-order valence-corrected chi connectivity index (χ0v) is 11.7. The van der Waals surface area contributed by atoms with E-state index in [2.05, 4.69) is 9.84 Å². The number of methoxy groups -OCH3 is 2. The Hall–Kier alpha value is -2.50. The van der Waals surface area contributed by atoms with E-state index in [1.807, 2.05) is 25.1 Å². The van der Waals surface area contributed by atoms with Gasteiger partial charge in [0.25, 0.3) is 0 Å². The molecule has 6 nitrogen and oxygen atoms in total. The number of rotatable bonds is 4. The first-order valence-corrected chi connectivity index (χ1v) is 6.10. The lowest BCUT2D eigenvalue weighted by atomic mass is 10.1. The lowest BCUT2D eigenvalue weighted by Crippen LogP contribution is -2.07. The molecule has 2 N–H and O–H groups in total. The highest BCUT2D eigenvalue weighted by Gasteiger charge is 2.15. The summed E-state index contributed by atoms with van der Waals surface area (Å²) in [6.45, 7) is 2.46. The predicted molar refractivity (Wildman–Crippen MR) is 74.8 cm³/mol. The molecule has 0 aliphatic heterocycles. The molecule has 0 amide bonds. The van der Waals surface area contributed by atoms with Crippen LogP contribution in [0.15, 0.2) is 24.4 Å². The third-order valence-electron chi connectivity index (χ3n) is 2.94. The molecule has 0 spiro atoms. The third kappa shape index (κ3) is 2.74. The van der Waals surface area contributed by atoms with Crippen LogP contribution < -0.4 is 10.5 Å². The van der Waals surface area contributed by atoms with Gasteiger partial charge in [0.05, 0.1) is 26.5 Å². The van der Waals surface area contributed by atoms with Crippen molar-refractivity contribution in [1.82, 2.24) is 9.78 Å². The van der Waals surface area contributed by atoms with Crippen LogP contribution in [0.25, 0.3) is 0 Å². The van der Waals surface area contributed by atoms with E-state index in [0.29, 0.717) is 12.2 Å². The Morgan fingerprint density at radius 3 is 2.80 bits per heavy atom. The normalized spacial score (nSPS) is 10.3. The SMILES string of the molecule is COC(=O)c1nn(Cc2cc(C)ccc2OC)cc1N. The third-order valence-corrected chi connectivity index (χ3v) is 2.94. The van der Waals surface area contributed by atoms with Crippen LogP contribution in [0, 0.1) is 6.92 Å². The van der Waals surface area contributed by atoms with Gasteiger partial charge in [-0.25, -0.2) is 4.79 Å². The van der Waals surface area contributed by atoms with Gasteiger partial charge in [-0.3, -0.25) is 4.68 Å². The molecule has 1 aromatic carbocycles. The first-order valence-electron chi connectivity index (χ1n) is 6.10. The summed E-state index contributed by atoms with van der Waals surface area (Å²) in [4.78, 5) is 11.5. The molecule has 106 valence electrons. The molecule has 0 saturated heterocycles. The molecule has 2 rings (SSSR count). The average Bonchev–Trinajstić information content (AvgIpc) is 2.79. The van der Waals surface area contributed by atoms with Gasteiger partial charge in [-0.05, 0) is 13.0 Å². The van der Waals surface area contributed by atoms with Crippen molar-refractivity contribution in [3.63, 3.8) is 0 Å². The number of aromatic nitrogens is 2. The van der Waals surface area contributed by atoms with E-state index in [4.69, 9.17) is 10.5 Å². The number of nitrogens with two attached hydrogens (primary N) is 1. The minimum absolute atomic E-state index is 0.124. The Morgan fingerprint density at radius 2 is 2.15 bits per heavy atom. The van der Waals surface area contributed by atoms with Crippen LogP contribution in [-0.4, -0.2) is 30.0 Å². The average molecular weight is 275 g/mol. The molecule has 2 aromatic rings. The van der Waals surface area contributed by atoms with Gasteiger partial charge in [0.1, 0.15) is 5.75 Å². The highest BCUT2D eigenvalue weighted by atomic mass is 16.5. The van der Waals surface area contributed by atoms with Crippen LogP contribution in [0.4, 0.5) is 5.69 Å². The molecule has 0 radical (unpaired) electrons. The van der Waals surface area contributed by atoms with Crippen LogP contribution in [0.2, 0.25) is 0 Å². The van der Waals surface area contributed by atoms with E-state index in [9.17, 15) is 4.79 Å². The van der Waals surface area contributed by atoms with Crippen molar-refractivity contribution in [1.29, 1.82) is 0 Å². The van der Waals surface area contributed by atoms with Gasteiger partial charge in [-0.1, -0.05) is 17.7 Å². The molecular weight excluding hydrogens is 258 g/mol. The van der Waals surface area contributed by atoms with Crippen molar-refractivity contribution in [2.75, 3.05) is 20.0 Å². The maximum absolute atomic E-state index is 11.5. The second-order valence-electron chi connectivity index (χ2n) is 4.44. The number of carbonyl (C=O) groups is 1. The summed E-state index contributed by atoms with van der Waals surface area (Å²) in [5.74, 6) is 0.224. The molecule has 0 saturated carbocycles. The topological polar surface area (TPSA) is 79.4 Å². The van der Waals surface area contributed by atoms with Crippen molar-refractivity contribution < 1.29 is 14.3 Å². The zero-order valence-electron chi connectivity index (χ0n) is 11.7. The van der Waals surface area contributed by atoms with Gasteiger partial charge in [-0.15, -0.1) is 0 Å². The van der Waals surface area contributed by atoms with Crippen molar-refractivity contribution in [2.24, 2.45) is 0 Å². The fourth-order valence-electron chi connectivity index (χ4n) is 1.98. The summed E-state index contributed by atoms with van der Waals surface area (Å²) in [6, 6.07) is 5.88. The number of carbonyl (C=O) groups excluding carboxylic acids is 1. The van der Waals surface area contributed by atoms with E-state index >= 15 is 0 Å². The highest BCUT2D eigenvalue weighted by molar-refractivity contribution is 5.92. The summed E-state index contributed by atoms with van der Waals surface area (Å²) >= 11 is 0. The molecule has 6 heteroatoms. The Balaban J connectivity index is 2.31. The molecular formula is C14H17N3O3. The highest BCUT2D eigenvalue weighted by Crippen LogP contribution is 2.21. The van der Waals surface area contributed by atoms with Gasteiger partial charge in [0.15, 0.2) is 5.69 Å². The lowest BCUT2D eigenvalue weighted by molar-refractivity contribution is 0.0594. The maximum atomic E-state index is 11.5. The van der Waals surface area contributed by atoms with Crippen LogP contribution in [0.1, 0.15) is 21.6 Å². The number of hydrogen-bond donors (Lipinski definition) is 1. The Bertz CT molecular complexity index is 635. The molecule has 20 heavy (non-hydrogen) atoms. The van der Waals surface area contributed by atoms with Crippen LogP contribution in [0.3, 0.4) is 0 Å². The second kappa shape index (κ2) is 5.64. The van der Waals surface area contributed by atoms with Crippen LogP contribution >= 0.6 is 0 Å². The van der Waals surface area contributed by atoms with Crippen molar-refractivity contribution in [2.45, 2.75) is 13.5 Å². The predicted octanol–water partition coefficient (Wildman–Crippen LogP) is 1.62. The molecule has 0 aliphatic carbocycles. The Labute approximate surface area is 117 Å². The van der Waals surface area contributed by atoms with Gasteiger partial charge in [0.2, 0.25) is 0 Å². The summed E-state index contributed by atoms with van der Waals surface area (Å²) in [7, 11) is 2.91. The zero-order chi connectivity index (χ0) is 14.7. The first-order chi connectivity index (χ1) is 9.55. The largest absolute Gasteiger partial charge is 0.496 e. The van der Waals surface area contributed by atoms with Gasteiger partial charge < -0.3 is 15.2 Å². The fraction of sp³-hybridized carbons (Fsp3) is 0.286. The molecule has 0 bridgehead atoms.